The zero-order valence-corrected chi connectivity index (χ0v) is 16.1. The van der Waals surface area contributed by atoms with Gasteiger partial charge in [0.05, 0.1) is 45.9 Å². The van der Waals surface area contributed by atoms with Gasteiger partial charge in [-0.05, 0) is 31.0 Å². The Morgan fingerprint density at radius 2 is 2.08 bits per heavy atom. The Kier molecular flexibility index (Phi) is 8.48. The van der Waals surface area contributed by atoms with E-state index < -0.39 is 0 Å². The molecule has 1 aromatic carbocycles. The minimum Gasteiger partial charge on any atom is -0.493 e. The number of carbonyl (C=O) groups excluding carboxylic acids is 1. The van der Waals surface area contributed by atoms with E-state index in [-0.39, 0.29) is 11.9 Å². The van der Waals surface area contributed by atoms with Crippen molar-refractivity contribution in [2.75, 3.05) is 40.0 Å². The molecular weight excluding hydrogens is 330 g/mol. The van der Waals surface area contributed by atoms with E-state index in [1.807, 2.05) is 31.2 Å². The van der Waals surface area contributed by atoms with Gasteiger partial charge in [-0.25, -0.2) is 0 Å². The molecule has 1 fully saturated rings. The molecule has 26 heavy (non-hydrogen) atoms. The van der Waals surface area contributed by atoms with E-state index in [0.29, 0.717) is 13.2 Å². The van der Waals surface area contributed by atoms with Crippen LogP contribution in [0.4, 0.5) is 0 Å². The summed E-state index contributed by atoms with van der Waals surface area (Å²) in [6.45, 7) is 9.89. The number of hydrogen-bond donors (Lipinski definition) is 1. The monoisotopic (exact) mass is 362 g/mol. The lowest BCUT2D eigenvalue weighted by molar-refractivity contribution is -0.906. The molecule has 1 saturated heterocycles. The van der Waals surface area contributed by atoms with Crippen LogP contribution in [-0.2, 0) is 16.0 Å². The topological polar surface area (TPSA) is 49.2 Å². The van der Waals surface area contributed by atoms with Gasteiger partial charge in [-0.1, -0.05) is 12.1 Å². The maximum absolute atomic E-state index is 11.8. The second-order valence-corrected chi connectivity index (χ2v) is 6.71. The van der Waals surface area contributed by atoms with Crippen LogP contribution in [0.1, 0.15) is 31.7 Å². The predicted octanol–water partition coefficient (Wildman–Crippen LogP) is 2.05. The van der Waals surface area contributed by atoms with E-state index in [9.17, 15) is 4.79 Å². The second-order valence-electron chi connectivity index (χ2n) is 6.71. The quantitative estimate of drug-likeness (QED) is 0.393. The van der Waals surface area contributed by atoms with E-state index >= 15 is 0 Å². The van der Waals surface area contributed by atoms with Gasteiger partial charge in [0.1, 0.15) is 0 Å². The zero-order valence-electron chi connectivity index (χ0n) is 16.1. The molecule has 1 aliphatic heterocycles. The first-order chi connectivity index (χ1) is 12.7. The van der Waals surface area contributed by atoms with Crippen molar-refractivity contribution in [1.29, 1.82) is 0 Å². The number of allylic oxidation sites excluding steroid dienone is 1. The summed E-state index contributed by atoms with van der Waals surface area (Å²) in [7, 11) is 1.66. The van der Waals surface area contributed by atoms with E-state index in [1.54, 1.807) is 12.0 Å². The lowest BCUT2D eigenvalue weighted by Crippen LogP contribution is -3.13. The highest BCUT2D eigenvalue weighted by Gasteiger charge is 2.28. The molecule has 0 unspecified atom stereocenters. The molecule has 0 spiro atoms. The van der Waals surface area contributed by atoms with Gasteiger partial charge in [0.2, 0.25) is 0 Å². The fourth-order valence-corrected chi connectivity index (χ4v) is 3.40. The average Bonchev–Trinajstić information content (AvgIpc) is 2.67. The van der Waals surface area contributed by atoms with Crippen molar-refractivity contribution >= 4 is 5.97 Å². The number of ether oxygens (including phenoxy) is 3. The molecule has 1 aliphatic rings. The van der Waals surface area contributed by atoms with Crippen LogP contribution in [0.3, 0.4) is 0 Å². The van der Waals surface area contributed by atoms with Crippen molar-refractivity contribution in [3.05, 3.63) is 36.4 Å². The first-order valence-corrected chi connectivity index (χ1v) is 9.58. The fourth-order valence-electron chi connectivity index (χ4n) is 3.40. The van der Waals surface area contributed by atoms with Gasteiger partial charge in [-0.2, -0.15) is 0 Å². The summed E-state index contributed by atoms with van der Waals surface area (Å²) >= 11 is 0. The van der Waals surface area contributed by atoms with Crippen LogP contribution in [0, 0.1) is 5.92 Å². The van der Waals surface area contributed by atoms with Crippen LogP contribution in [0.2, 0.25) is 0 Å². The molecule has 5 heteroatoms. The van der Waals surface area contributed by atoms with Crippen LogP contribution in [-0.4, -0.2) is 45.9 Å². The lowest BCUT2D eigenvalue weighted by Gasteiger charge is -2.28. The van der Waals surface area contributed by atoms with Crippen LogP contribution in [0.5, 0.6) is 11.5 Å². The highest BCUT2D eigenvalue weighted by atomic mass is 16.5. The number of carbonyl (C=O) groups is 1. The number of likely N-dealkylation sites (tertiary alicyclic amines) is 1. The van der Waals surface area contributed by atoms with E-state index in [2.05, 4.69) is 6.58 Å². The molecule has 0 amide bonds. The highest BCUT2D eigenvalue weighted by molar-refractivity contribution is 5.72. The molecule has 1 aromatic rings. The van der Waals surface area contributed by atoms with Gasteiger partial charge in [-0.3, -0.25) is 4.79 Å². The van der Waals surface area contributed by atoms with Crippen LogP contribution in [0.25, 0.3) is 0 Å². The number of rotatable bonds is 10. The number of benzene rings is 1. The predicted molar refractivity (Wildman–Crippen MR) is 102 cm³/mol. The van der Waals surface area contributed by atoms with Crippen molar-refractivity contribution in [2.24, 2.45) is 5.92 Å². The minimum absolute atomic E-state index is 0.0260. The largest absolute Gasteiger partial charge is 0.493 e. The van der Waals surface area contributed by atoms with E-state index in [4.69, 9.17) is 14.2 Å². The first kappa shape index (κ1) is 20.3. The maximum Gasteiger partial charge on any atom is 0.309 e. The summed E-state index contributed by atoms with van der Waals surface area (Å²) < 4.78 is 16.5. The molecule has 0 aromatic heterocycles. The molecule has 0 saturated carbocycles. The third kappa shape index (κ3) is 6.06. The minimum atomic E-state index is -0.0260. The second kappa shape index (κ2) is 10.9. The number of esters is 1. The van der Waals surface area contributed by atoms with Gasteiger partial charge in [-0.15, -0.1) is 6.58 Å². The maximum atomic E-state index is 11.8. The summed E-state index contributed by atoms with van der Waals surface area (Å²) in [6.07, 6.45) is 5.53. The summed E-state index contributed by atoms with van der Waals surface area (Å²) in [5, 5.41) is 0. The molecule has 1 heterocycles. The number of methoxy groups -OCH3 is 1. The SMILES string of the molecule is C=CCc1ccc(OCCC[NH+]2CCC(C(=O)OCC)CC2)c(OC)c1. The van der Waals surface area contributed by atoms with Crippen LogP contribution in [0.15, 0.2) is 30.9 Å². The molecule has 0 aliphatic carbocycles. The third-order valence-electron chi connectivity index (χ3n) is 4.85. The standard InChI is InChI=1S/C21H31NO4/c1-4-7-17-8-9-19(20(16-17)24-3)26-15-6-12-22-13-10-18(11-14-22)21(23)25-5-2/h4,8-9,16,18H,1,5-7,10-15H2,2-3H3/p+1. The van der Waals surface area contributed by atoms with E-state index in [0.717, 1.165) is 62.4 Å². The van der Waals surface area contributed by atoms with Gasteiger partial charge >= 0.3 is 5.97 Å². The highest BCUT2D eigenvalue weighted by Crippen LogP contribution is 2.28. The van der Waals surface area contributed by atoms with Crippen molar-refractivity contribution < 1.29 is 23.9 Å². The zero-order chi connectivity index (χ0) is 18.8. The fraction of sp³-hybridized carbons (Fsp3) is 0.571. The number of hydrogen-bond acceptors (Lipinski definition) is 4. The summed E-state index contributed by atoms with van der Waals surface area (Å²) in [6, 6.07) is 6.02. The molecule has 5 nitrogen and oxygen atoms in total. The van der Waals surface area contributed by atoms with E-state index in [1.165, 1.54) is 0 Å². The summed E-state index contributed by atoms with van der Waals surface area (Å²) in [5.74, 6) is 1.62. The Morgan fingerprint density at radius 1 is 1.31 bits per heavy atom. The van der Waals surface area contributed by atoms with Gasteiger partial charge in [0.25, 0.3) is 0 Å². The first-order valence-electron chi connectivity index (χ1n) is 9.58. The molecular formula is C21H32NO4+. The van der Waals surface area contributed by atoms with Crippen molar-refractivity contribution in [1.82, 2.24) is 0 Å². The smallest absolute Gasteiger partial charge is 0.309 e. The van der Waals surface area contributed by atoms with Gasteiger partial charge < -0.3 is 19.1 Å². The number of quaternary nitrogens is 1. The van der Waals surface area contributed by atoms with Crippen molar-refractivity contribution in [3.8, 4) is 11.5 Å². The lowest BCUT2D eigenvalue weighted by atomic mass is 9.97. The van der Waals surface area contributed by atoms with Crippen molar-refractivity contribution in [2.45, 2.75) is 32.6 Å². The summed E-state index contributed by atoms with van der Waals surface area (Å²) in [5.41, 5.74) is 1.16. The Labute approximate surface area is 156 Å². The normalized spacial score (nSPS) is 19.6. The molecule has 0 radical (unpaired) electrons. The van der Waals surface area contributed by atoms with Crippen LogP contribution >= 0.6 is 0 Å². The summed E-state index contributed by atoms with van der Waals surface area (Å²) in [4.78, 5) is 13.3. The Morgan fingerprint density at radius 3 is 2.73 bits per heavy atom. The van der Waals surface area contributed by atoms with Gasteiger partial charge in [0.15, 0.2) is 11.5 Å². The number of nitrogens with one attached hydrogen (secondary N) is 1. The average molecular weight is 362 g/mol. The Bertz CT molecular complexity index is 579. The Hall–Kier alpha value is -2.01. The molecule has 2 rings (SSSR count). The third-order valence-corrected chi connectivity index (χ3v) is 4.85. The molecule has 0 bridgehead atoms. The number of piperidine rings is 1. The Balaban J connectivity index is 1.69. The molecule has 144 valence electrons. The molecule has 0 atom stereocenters. The van der Waals surface area contributed by atoms with Gasteiger partial charge in [0, 0.05) is 19.3 Å². The van der Waals surface area contributed by atoms with Crippen molar-refractivity contribution in [3.63, 3.8) is 0 Å². The molecule has 1 N–H and O–H groups in total. The van der Waals surface area contributed by atoms with Crippen LogP contribution < -0.4 is 14.4 Å².